The monoisotopic (exact) mass is 823 g/mol. The Kier molecular flexibility index (Phi) is 10.9. The Bertz CT molecular complexity index is 2110. The molecule has 0 saturated heterocycles. The van der Waals surface area contributed by atoms with Gasteiger partial charge in [0.15, 0.2) is 0 Å². The average Bonchev–Trinajstić information content (AvgIpc) is 3.48. The third-order valence-electron chi connectivity index (χ3n) is 8.63. The van der Waals surface area contributed by atoms with E-state index in [0.717, 1.165) is 55.6 Å². The van der Waals surface area contributed by atoms with Crippen molar-refractivity contribution < 1.29 is 24.5 Å². The molecule has 0 amide bonds. The Balaban J connectivity index is 0.000000224. The number of para-hydroxylation sites is 1. The maximum Gasteiger partial charge on any atom is 0.124 e. The van der Waals surface area contributed by atoms with Crippen LogP contribution in [0.2, 0.25) is 19.6 Å². The molecular formula is C43H42IrN2OSi-2. The van der Waals surface area contributed by atoms with E-state index in [2.05, 4.69) is 142 Å². The Morgan fingerprint density at radius 2 is 1.48 bits per heavy atom. The van der Waals surface area contributed by atoms with Gasteiger partial charge in [0.1, 0.15) is 5.58 Å². The van der Waals surface area contributed by atoms with Crippen LogP contribution in [-0.2, 0) is 20.1 Å². The van der Waals surface area contributed by atoms with Crippen LogP contribution in [0, 0.1) is 12.1 Å². The van der Waals surface area contributed by atoms with Gasteiger partial charge < -0.3 is 14.4 Å². The predicted octanol–water partition coefficient (Wildman–Crippen LogP) is 11.5. The number of benzene rings is 4. The fraction of sp³-hybridized carbons (Fsp3) is 0.209. The summed E-state index contributed by atoms with van der Waals surface area (Å²) in [5, 5.41) is 3.68. The zero-order chi connectivity index (χ0) is 33.1. The number of fused-ring (bicyclic) bond motifs is 3. The molecule has 245 valence electrons. The first-order chi connectivity index (χ1) is 22.6. The summed E-state index contributed by atoms with van der Waals surface area (Å²) in [6.07, 6.45) is 3.90. The first-order valence-corrected chi connectivity index (χ1v) is 20.0. The second-order valence-electron chi connectivity index (χ2n) is 13.7. The summed E-state index contributed by atoms with van der Waals surface area (Å²) in [6.45, 7) is 15.8. The maximum absolute atomic E-state index is 6.62. The summed E-state index contributed by atoms with van der Waals surface area (Å²) in [6, 6.07) is 42.2. The van der Waals surface area contributed by atoms with Crippen LogP contribution in [0.1, 0.15) is 50.7 Å². The van der Waals surface area contributed by atoms with Crippen LogP contribution in [0.25, 0.3) is 55.6 Å². The standard InChI is InChI=1S/C29H26NO.C14H16NSi.Ir/c1-18(2)21-15-16-30-26(17-21)24-14-13-23(20-9-6-5-7-10-20)27-25-12-8-11-22(19(3)4)28(25)31-29(24)27;1-16(2,3)13-9-10-14(15-11-13)12-7-5-4-6-8-12;/h5-13,15-19H,1-4H3;4-7,9-11H,1-3H3;/q2*-1;. The van der Waals surface area contributed by atoms with Crippen molar-refractivity contribution in [2.45, 2.75) is 59.2 Å². The van der Waals surface area contributed by atoms with Crippen molar-refractivity contribution >= 4 is 35.2 Å². The Morgan fingerprint density at radius 1 is 0.708 bits per heavy atom. The number of rotatable bonds is 6. The molecule has 0 spiro atoms. The third-order valence-corrected chi connectivity index (χ3v) is 10.7. The summed E-state index contributed by atoms with van der Waals surface area (Å²) in [7, 11) is -1.23. The fourth-order valence-electron chi connectivity index (χ4n) is 5.85. The van der Waals surface area contributed by atoms with Crippen molar-refractivity contribution in [3.05, 3.63) is 139 Å². The molecule has 0 aliphatic carbocycles. The number of nitrogens with zero attached hydrogens (tertiary/aromatic N) is 2. The van der Waals surface area contributed by atoms with Crippen molar-refractivity contribution in [3.8, 4) is 33.6 Å². The number of aromatic nitrogens is 2. The van der Waals surface area contributed by atoms with E-state index in [1.165, 1.54) is 16.3 Å². The minimum atomic E-state index is -1.23. The van der Waals surface area contributed by atoms with Gasteiger partial charge in [-0.25, -0.2) is 0 Å². The van der Waals surface area contributed by atoms with Gasteiger partial charge in [0, 0.05) is 37.9 Å². The topological polar surface area (TPSA) is 38.9 Å². The van der Waals surface area contributed by atoms with E-state index >= 15 is 0 Å². The fourth-order valence-corrected chi connectivity index (χ4v) is 6.88. The molecule has 4 aromatic carbocycles. The molecule has 3 heterocycles. The molecule has 0 saturated carbocycles. The van der Waals surface area contributed by atoms with Crippen molar-refractivity contribution in [2.75, 3.05) is 0 Å². The normalized spacial score (nSPS) is 11.4. The number of hydrogen-bond acceptors (Lipinski definition) is 3. The summed E-state index contributed by atoms with van der Waals surface area (Å²) < 4.78 is 6.62. The van der Waals surface area contributed by atoms with Gasteiger partial charge in [-0.15, -0.1) is 48.0 Å². The largest absolute Gasteiger partial charge is 0.500 e. The third kappa shape index (κ3) is 7.44. The first kappa shape index (κ1) is 35.2. The molecule has 0 aliphatic rings. The molecule has 3 aromatic heterocycles. The average molecular weight is 823 g/mol. The van der Waals surface area contributed by atoms with Crippen LogP contribution in [0.3, 0.4) is 0 Å². The van der Waals surface area contributed by atoms with Crippen LogP contribution in [-0.4, -0.2) is 18.0 Å². The van der Waals surface area contributed by atoms with Crippen LogP contribution in [0.5, 0.6) is 0 Å². The van der Waals surface area contributed by atoms with Crippen LogP contribution in [0.4, 0.5) is 0 Å². The molecule has 0 N–H and O–H groups in total. The van der Waals surface area contributed by atoms with Gasteiger partial charge in [-0.1, -0.05) is 136 Å². The zero-order valence-corrected chi connectivity index (χ0v) is 32.2. The zero-order valence-electron chi connectivity index (χ0n) is 28.8. The minimum absolute atomic E-state index is 0. The van der Waals surface area contributed by atoms with Gasteiger partial charge >= 0.3 is 0 Å². The summed E-state index contributed by atoms with van der Waals surface area (Å²) in [5.74, 6) is 0.809. The van der Waals surface area contributed by atoms with E-state index in [0.29, 0.717) is 11.8 Å². The molecular weight excluding hydrogens is 781 g/mol. The number of furan rings is 1. The van der Waals surface area contributed by atoms with Crippen molar-refractivity contribution in [3.63, 3.8) is 0 Å². The number of hydrogen-bond donors (Lipinski definition) is 0. The summed E-state index contributed by atoms with van der Waals surface area (Å²) in [4.78, 5) is 9.20. The molecule has 7 aromatic rings. The predicted molar refractivity (Wildman–Crippen MR) is 201 cm³/mol. The van der Waals surface area contributed by atoms with Gasteiger partial charge in [-0.3, -0.25) is 0 Å². The smallest absolute Gasteiger partial charge is 0.124 e. The van der Waals surface area contributed by atoms with Gasteiger partial charge in [0.25, 0.3) is 0 Å². The SMILES string of the molecule is CC(C)c1ccnc(-c2[c-]cc(-c3ccccc3)c3c2oc2c(C(C)C)cccc23)c1.C[Si](C)(C)c1ccc(-c2[c-]cccc2)nc1.[Ir]. The van der Waals surface area contributed by atoms with Gasteiger partial charge in [0.05, 0.1) is 13.7 Å². The Labute approximate surface area is 299 Å². The molecule has 0 bridgehead atoms. The van der Waals surface area contributed by atoms with E-state index in [9.17, 15) is 0 Å². The van der Waals surface area contributed by atoms with E-state index < -0.39 is 8.07 Å². The summed E-state index contributed by atoms with van der Waals surface area (Å²) >= 11 is 0. The molecule has 48 heavy (non-hydrogen) atoms. The van der Waals surface area contributed by atoms with Gasteiger partial charge in [0.2, 0.25) is 0 Å². The van der Waals surface area contributed by atoms with E-state index in [1.54, 1.807) is 0 Å². The van der Waals surface area contributed by atoms with Crippen LogP contribution < -0.4 is 5.19 Å². The van der Waals surface area contributed by atoms with Crippen molar-refractivity contribution in [1.29, 1.82) is 0 Å². The van der Waals surface area contributed by atoms with Crippen molar-refractivity contribution in [2.24, 2.45) is 0 Å². The quantitative estimate of drug-likeness (QED) is 0.124. The summed E-state index contributed by atoms with van der Waals surface area (Å²) in [5.41, 5.74) is 10.5. The van der Waals surface area contributed by atoms with Crippen LogP contribution >= 0.6 is 0 Å². The van der Waals surface area contributed by atoms with E-state index in [4.69, 9.17) is 4.42 Å². The Morgan fingerprint density at radius 3 is 2.12 bits per heavy atom. The maximum atomic E-state index is 6.62. The van der Waals surface area contributed by atoms with Crippen molar-refractivity contribution in [1.82, 2.24) is 9.97 Å². The number of pyridine rings is 2. The molecule has 3 nitrogen and oxygen atoms in total. The second kappa shape index (κ2) is 14.9. The van der Waals surface area contributed by atoms with E-state index in [1.807, 2.05) is 42.7 Å². The molecule has 1 radical (unpaired) electrons. The molecule has 5 heteroatoms. The first-order valence-electron chi connectivity index (χ1n) is 16.5. The molecule has 0 atom stereocenters. The van der Waals surface area contributed by atoms with Crippen LogP contribution in [0.15, 0.2) is 120 Å². The second-order valence-corrected chi connectivity index (χ2v) is 18.8. The van der Waals surface area contributed by atoms with Gasteiger partial charge in [-0.05, 0) is 45.4 Å². The van der Waals surface area contributed by atoms with Gasteiger partial charge in [-0.2, -0.15) is 0 Å². The molecule has 0 unspecified atom stereocenters. The molecule has 0 fully saturated rings. The molecule has 0 aliphatic heterocycles. The molecule has 7 rings (SSSR count). The minimum Gasteiger partial charge on any atom is -0.500 e. The van der Waals surface area contributed by atoms with E-state index in [-0.39, 0.29) is 20.1 Å². The Hall–Kier alpha value is -4.15.